The zero-order chi connectivity index (χ0) is 20.4. The van der Waals surface area contributed by atoms with E-state index in [-0.39, 0.29) is 5.91 Å². The molecule has 3 aromatic rings. The fourth-order valence-electron chi connectivity index (χ4n) is 3.86. The molecule has 0 unspecified atom stereocenters. The number of carbonyl (C=O) groups is 1. The van der Waals surface area contributed by atoms with Crippen LogP contribution >= 0.6 is 0 Å². The van der Waals surface area contributed by atoms with Gasteiger partial charge >= 0.3 is 0 Å². The largest absolute Gasteiger partial charge is 0.353 e. The molecule has 1 aliphatic heterocycles. The van der Waals surface area contributed by atoms with Gasteiger partial charge in [0.1, 0.15) is 5.82 Å². The molecular formula is C22H26N6O. The molecule has 0 saturated carbocycles. The van der Waals surface area contributed by atoms with Crippen LogP contribution in [-0.2, 0) is 6.54 Å². The lowest BCUT2D eigenvalue weighted by Crippen LogP contribution is -2.49. The number of piperazine rings is 1. The SMILES string of the molecule is CCn1nc(C)c(C(=O)N2CCN(c3ccnc(-c4ccccc4)n3)CC2)c1C. The molecule has 1 aliphatic rings. The second-order valence-corrected chi connectivity index (χ2v) is 7.25. The minimum absolute atomic E-state index is 0.0759. The van der Waals surface area contributed by atoms with Gasteiger partial charge in [-0.05, 0) is 26.8 Å². The van der Waals surface area contributed by atoms with Crippen molar-refractivity contribution in [1.29, 1.82) is 0 Å². The number of rotatable bonds is 4. The summed E-state index contributed by atoms with van der Waals surface area (Å²) in [7, 11) is 0. The van der Waals surface area contributed by atoms with E-state index in [0.29, 0.717) is 13.1 Å². The first-order chi connectivity index (χ1) is 14.1. The van der Waals surface area contributed by atoms with E-state index in [2.05, 4.69) is 15.0 Å². The highest BCUT2D eigenvalue weighted by atomic mass is 16.2. The topological polar surface area (TPSA) is 67.2 Å². The molecule has 7 nitrogen and oxygen atoms in total. The summed E-state index contributed by atoms with van der Waals surface area (Å²) in [6, 6.07) is 11.9. The molecule has 0 N–H and O–H groups in total. The minimum Gasteiger partial charge on any atom is -0.353 e. The third-order valence-corrected chi connectivity index (χ3v) is 5.46. The van der Waals surface area contributed by atoms with Crippen LogP contribution in [-0.4, -0.2) is 56.7 Å². The summed E-state index contributed by atoms with van der Waals surface area (Å²) in [5, 5.41) is 4.49. The van der Waals surface area contributed by atoms with Crippen molar-refractivity contribution < 1.29 is 4.79 Å². The fourth-order valence-corrected chi connectivity index (χ4v) is 3.86. The quantitative estimate of drug-likeness (QED) is 0.685. The number of hydrogen-bond acceptors (Lipinski definition) is 5. The zero-order valence-electron chi connectivity index (χ0n) is 17.2. The van der Waals surface area contributed by atoms with E-state index in [4.69, 9.17) is 4.98 Å². The summed E-state index contributed by atoms with van der Waals surface area (Å²) in [5.74, 6) is 1.70. The standard InChI is InChI=1S/C22H26N6O/c1-4-28-17(3)20(16(2)25-28)22(29)27-14-12-26(13-15-27)19-10-11-23-21(24-19)18-8-6-5-7-9-18/h5-11H,4,12-15H2,1-3H3. The number of hydrogen-bond donors (Lipinski definition) is 0. The Balaban J connectivity index is 1.46. The Morgan fingerprint density at radius 2 is 1.76 bits per heavy atom. The van der Waals surface area contributed by atoms with Gasteiger partial charge in [-0.2, -0.15) is 5.10 Å². The highest BCUT2D eigenvalue weighted by Crippen LogP contribution is 2.21. The van der Waals surface area contributed by atoms with Gasteiger partial charge in [0, 0.05) is 50.2 Å². The lowest BCUT2D eigenvalue weighted by Gasteiger charge is -2.35. The number of carbonyl (C=O) groups excluding carboxylic acids is 1. The van der Waals surface area contributed by atoms with Crippen LogP contribution in [0.25, 0.3) is 11.4 Å². The summed E-state index contributed by atoms with van der Waals surface area (Å²) < 4.78 is 1.89. The maximum atomic E-state index is 13.1. The summed E-state index contributed by atoms with van der Waals surface area (Å²) in [6.07, 6.45) is 1.80. The average Bonchev–Trinajstić information content (AvgIpc) is 3.07. The number of aromatic nitrogens is 4. The Morgan fingerprint density at radius 1 is 1.03 bits per heavy atom. The van der Waals surface area contributed by atoms with Crippen LogP contribution in [0.3, 0.4) is 0 Å². The lowest BCUT2D eigenvalue weighted by atomic mass is 10.1. The Morgan fingerprint density at radius 3 is 2.41 bits per heavy atom. The van der Waals surface area contributed by atoms with Crippen molar-refractivity contribution in [2.75, 3.05) is 31.1 Å². The monoisotopic (exact) mass is 390 g/mol. The van der Waals surface area contributed by atoms with Crippen LogP contribution in [0.15, 0.2) is 42.6 Å². The summed E-state index contributed by atoms with van der Waals surface area (Å²) in [6.45, 7) is 9.52. The maximum absolute atomic E-state index is 13.1. The molecule has 0 spiro atoms. The third kappa shape index (κ3) is 3.72. The van der Waals surface area contributed by atoms with E-state index in [1.807, 2.05) is 66.8 Å². The van der Waals surface area contributed by atoms with Gasteiger partial charge in [0.25, 0.3) is 5.91 Å². The number of amides is 1. The first-order valence-electron chi connectivity index (χ1n) is 10.0. The van der Waals surface area contributed by atoms with Crippen molar-refractivity contribution in [3.8, 4) is 11.4 Å². The van der Waals surface area contributed by atoms with Gasteiger partial charge in [-0.25, -0.2) is 9.97 Å². The molecule has 4 rings (SSSR count). The zero-order valence-corrected chi connectivity index (χ0v) is 17.2. The number of benzene rings is 1. The lowest BCUT2D eigenvalue weighted by molar-refractivity contribution is 0.0745. The number of nitrogens with zero attached hydrogens (tertiary/aromatic N) is 6. The third-order valence-electron chi connectivity index (χ3n) is 5.46. The molecule has 0 atom stereocenters. The van der Waals surface area contributed by atoms with Crippen LogP contribution in [0.2, 0.25) is 0 Å². The highest BCUT2D eigenvalue weighted by molar-refractivity contribution is 5.96. The molecule has 1 fully saturated rings. The smallest absolute Gasteiger partial charge is 0.257 e. The molecule has 0 aliphatic carbocycles. The van der Waals surface area contributed by atoms with Gasteiger partial charge in [0.05, 0.1) is 11.3 Å². The van der Waals surface area contributed by atoms with Crippen molar-refractivity contribution in [3.05, 3.63) is 59.5 Å². The second-order valence-electron chi connectivity index (χ2n) is 7.25. The Labute approximate surface area is 171 Å². The molecule has 1 saturated heterocycles. The van der Waals surface area contributed by atoms with Gasteiger partial charge in [-0.1, -0.05) is 30.3 Å². The predicted molar refractivity (Wildman–Crippen MR) is 113 cm³/mol. The van der Waals surface area contributed by atoms with Crippen molar-refractivity contribution in [2.45, 2.75) is 27.3 Å². The van der Waals surface area contributed by atoms with Gasteiger partial charge in [0.15, 0.2) is 5.82 Å². The predicted octanol–water partition coefficient (Wildman–Crippen LogP) is 2.94. The summed E-state index contributed by atoms with van der Waals surface area (Å²) in [4.78, 5) is 26.4. The Hall–Kier alpha value is -3.22. The van der Waals surface area contributed by atoms with E-state index >= 15 is 0 Å². The molecule has 2 aromatic heterocycles. The molecule has 1 aromatic carbocycles. The number of anilines is 1. The number of aryl methyl sites for hydroxylation is 2. The maximum Gasteiger partial charge on any atom is 0.257 e. The second kappa shape index (κ2) is 8.03. The Kier molecular flexibility index (Phi) is 5.29. The van der Waals surface area contributed by atoms with Crippen molar-refractivity contribution >= 4 is 11.7 Å². The Bertz CT molecular complexity index is 1010. The van der Waals surface area contributed by atoms with Crippen LogP contribution in [0.1, 0.15) is 28.7 Å². The van der Waals surface area contributed by atoms with Crippen molar-refractivity contribution in [3.63, 3.8) is 0 Å². The van der Waals surface area contributed by atoms with Gasteiger partial charge in [-0.15, -0.1) is 0 Å². The van der Waals surface area contributed by atoms with E-state index in [1.165, 1.54) is 0 Å². The molecule has 29 heavy (non-hydrogen) atoms. The molecule has 0 radical (unpaired) electrons. The van der Waals surface area contributed by atoms with Gasteiger partial charge < -0.3 is 9.80 Å². The first kappa shape index (κ1) is 19.1. The fraction of sp³-hybridized carbons (Fsp3) is 0.364. The van der Waals surface area contributed by atoms with E-state index in [0.717, 1.165) is 53.8 Å². The van der Waals surface area contributed by atoms with Crippen LogP contribution in [0.5, 0.6) is 0 Å². The molecule has 7 heteroatoms. The van der Waals surface area contributed by atoms with Crippen LogP contribution in [0.4, 0.5) is 5.82 Å². The molecule has 150 valence electrons. The van der Waals surface area contributed by atoms with Crippen LogP contribution < -0.4 is 4.90 Å². The van der Waals surface area contributed by atoms with Gasteiger partial charge in [0.2, 0.25) is 0 Å². The molecule has 3 heterocycles. The van der Waals surface area contributed by atoms with Crippen LogP contribution in [0, 0.1) is 13.8 Å². The minimum atomic E-state index is 0.0759. The van der Waals surface area contributed by atoms with Gasteiger partial charge in [-0.3, -0.25) is 9.48 Å². The van der Waals surface area contributed by atoms with Crippen molar-refractivity contribution in [2.24, 2.45) is 0 Å². The van der Waals surface area contributed by atoms with E-state index in [1.54, 1.807) is 6.20 Å². The average molecular weight is 390 g/mol. The first-order valence-corrected chi connectivity index (χ1v) is 10.0. The molecule has 0 bridgehead atoms. The van der Waals surface area contributed by atoms with E-state index < -0.39 is 0 Å². The summed E-state index contributed by atoms with van der Waals surface area (Å²) in [5.41, 5.74) is 3.50. The van der Waals surface area contributed by atoms with E-state index in [9.17, 15) is 4.79 Å². The molecular weight excluding hydrogens is 364 g/mol. The summed E-state index contributed by atoms with van der Waals surface area (Å²) >= 11 is 0. The molecule has 1 amide bonds. The van der Waals surface area contributed by atoms with Crippen molar-refractivity contribution in [1.82, 2.24) is 24.6 Å². The normalized spacial score (nSPS) is 14.3. The highest BCUT2D eigenvalue weighted by Gasteiger charge is 2.27.